The molecule has 0 bridgehead atoms. The molecule has 0 saturated heterocycles. The number of nitrogens with zero attached hydrogens (tertiary/aromatic N) is 2. The Hall–Kier alpha value is -1.50. The molecule has 0 saturated carbocycles. The van der Waals surface area contributed by atoms with Gasteiger partial charge in [-0.15, -0.1) is 0 Å². The first-order chi connectivity index (χ1) is 8.74. The van der Waals surface area contributed by atoms with Gasteiger partial charge in [0.05, 0.1) is 5.02 Å². The van der Waals surface area contributed by atoms with Crippen molar-refractivity contribution >= 4 is 23.4 Å². The van der Waals surface area contributed by atoms with Crippen LogP contribution in [0.1, 0.15) is 23.8 Å². The zero-order chi connectivity index (χ0) is 14.6. The van der Waals surface area contributed by atoms with Crippen molar-refractivity contribution in [2.45, 2.75) is 19.5 Å². The number of rotatable bonds is 5. The molecule has 0 amide bonds. The predicted molar refractivity (Wildman–Crippen MR) is 64.8 cm³/mol. The topological polar surface area (TPSA) is 53.4 Å². The Morgan fingerprint density at radius 3 is 2.58 bits per heavy atom. The predicted octanol–water partition coefficient (Wildman–Crippen LogP) is 3.21. The highest BCUT2D eigenvalue weighted by Gasteiger charge is 2.31. The second-order valence-electron chi connectivity index (χ2n) is 3.84. The minimum Gasteiger partial charge on any atom is -0.476 e. The molecule has 0 fully saturated rings. The number of carbonyl (C=O) groups is 1. The summed E-state index contributed by atoms with van der Waals surface area (Å²) in [5.41, 5.74) is -0.456. The molecule has 1 heterocycles. The number of aromatic carboxylic acids is 1. The van der Waals surface area contributed by atoms with Crippen LogP contribution < -0.4 is 4.90 Å². The van der Waals surface area contributed by atoms with Crippen molar-refractivity contribution < 1.29 is 23.1 Å². The van der Waals surface area contributed by atoms with Crippen molar-refractivity contribution in [3.05, 3.63) is 22.8 Å². The first-order valence-corrected chi connectivity index (χ1v) is 5.84. The van der Waals surface area contributed by atoms with Crippen LogP contribution in [0.5, 0.6) is 0 Å². The molecule has 19 heavy (non-hydrogen) atoms. The molecule has 8 heteroatoms. The molecular formula is C11H12ClF3N2O2. The van der Waals surface area contributed by atoms with Crippen molar-refractivity contribution in [1.29, 1.82) is 0 Å². The van der Waals surface area contributed by atoms with Crippen molar-refractivity contribution in [3.8, 4) is 0 Å². The molecule has 1 rings (SSSR count). The molecular weight excluding hydrogens is 285 g/mol. The van der Waals surface area contributed by atoms with Crippen LogP contribution in [0.4, 0.5) is 19.0 Å². The molecule has 106 valence electrons. The fourth-order valence-electron chi connectivity index (χ4n) is 1.52. The maximum Gasteiger partial charge on any atom is 0.405 e. The molecule has 0 atom stereocenters. The molecule has 0 unspecified atom stereocenters. The van der Waals surface area contributed by atoms with E-state index in [1.807, 2.05) is 0 Å². The quantitative estimate of drug-likeness (QED) is 0.906. The highest BCUT2D eigenvalue weighted by atomic mass is 35.5. The zero-order valence-corrected chi connectivity index (χ0v) is 10.8. The van der Waals surface area contributed by atoms with Crippen LogP contribution in [-0.2, 0) is 0 Å². The minimum absolute atomic E-state index is 0.0547. The molecule has 1 N–H and O–H groups in total. The van der Waals surface area contributed by atoms with Crippen LogP contribution in [0, 0.1) is 0 Å². The summed E-state index contributed by atoms with van der Waals surface area (Å²) < 4.78 is 37.3. The Balaban J connectivity index is 3.09. The van der Waals surface area contributed by atoms with E-state index in [9.17, 15) is 18.0 Å². The Bertz CT molecular complexity index is 466. The van der Waals surface area contributed by atoms with Crippen molar-refractivity contribution in [3.63, 3.8) is 0 Å². The molecule has 0 aromatic carbocycles. The van der Waals surface area contributed by atoms with Gasteiger partial charge in [-0.25, -0.2) is 9.78 Å². The normalized spacial score (nSPS) is 11.4. The zero-order valence-electron chi connectivity index (χ0n) is 10.0. The van der Waals surface area contributed by atoms with Crippen LogP contribution >= 0.6 is 11.6 Å². The average molecular weight is 297 g/mol. The van der Waals surface area contributed by atoms with E-state index in [-0.39, 0.29) is 17.4 Å². The third kappa shape index (κ3) is 4.59. The standard InChI is InChI=1S/C11H12ClF3N2O2/c1-2-5-17(6-11(13,14)15)8-4-3-7(12)9(16-8)10(18)19/h3-4H,2,5-6H2,1H3,(H,18,19). The Morgan fingerprint density at radius 2 is 2.11 bits per heavy atom. The number of alkyl halides is 3. The van der Waals surface area contributed by atoms with E-state index in [4.69, 9.17) is 16.7 Å². The Labute approximate surface area is 112 Å². The maximum atomic E-state index is 12.4. The van der Waals surface area contributed by atoms with Gasteiger partial charge >= 0.3 is 12.1 Å². The van der Waals surface area contributed by atoms with Gasteiger partial charge in [0, 0.05) is 6.54 Å². The lowest BCUT2D eigenvalue weighted by Crippen LogP contribution is -2.35. The summed E-state index contributed by atoms with van der Waals surface area (Å²) in [6.45, 7) is 0.652. The van der Waals surface area contributed by atoms with Gasteiger partial charge in [-0.05, 0) is 18.6 Å². The monoisotopic (exact) mass is 296 g/mol. The summed E-state index contributed by atoms with van der Waals surface area (Å²) >= 11 is 5.62. The van der Waals surface area contributed by atoms with Gasteiger partial charge in [0.1, 0.15) is 12.4 Å². The largest absolute Gasteiger partial charge is 0.476 e. The molecule has 4 nitrogen and oxygen atoms in total. The number of anilines is 1. The van der Waals surface area contributed by atoms with Gasteiger partial charge in [0.25, 0.3) is 0 Å². The van der Waals surface area contributed by atoms with E-state index in [0.29, 0.717) is 6.42 Å². The number of aromatic nitrogens is 1. The van der Waals surface area contributed by atoms with E-state index in [2.05, 4.69) is 4.98 Å². The second-order valence-corrected chi connectivity index (χ2v) is 4.25. The number of halogens is 4. The van der Waals surface area contributed by atoms with E-state index in [0.717, 1.165) is 4.90 Å². The van der Waals surface area contributed by atoms with Crippen LogP contribution in [0.25, 0.3) is 0 Å². The Morgan fingerprint density at radius 1 is 1.47 bits per heavy atom. The van der Waals surface area contributed by atoms with Gasteiger partial charge in [-0.2, -0.15) is 13.2 Å². The number of carboxylic acid groups (broad SMARTS) is 1. The molecule has 0 aliphatic carbocycles. The lowest BCUT2D eigenvalue weighted by Gasteiger charge is -2.24. The fourth-order valence-corrected chi connectivity index (χ4v) is 1.70. The summed E-state index contributed by atoms with van der Waals surface area (Å²) in [6.07, 6.45) is -3.91. The summed E-state index contributed by atoms with van der Waals surface area (Å²) in [6, 6.07) is 2.50. The van der Waals surface area contributed by atoms with E-state index >= 15 is 0 Å². The third-order valence-corrected chi connectivity index (χ3v) is 2.53. The number of carboxylic acids is 1. The summed E-state index contributed by atoms with van der Waals surface area (Å²) in [5.74, 6) is -1.43. The molecule has 0 radical (unpaired) electrons. The molecule has 0 aliphatic rings. The number of hydrogen-bond acceptors (Lipinski definition) is 3. The molecule has 0 spiro atoms. The molecule has 0 aliphatic heterocycles. The summed E-state index contributed by atoms with van der Waals surface area (Å²) in [4.78, 5) is 15.5. The first kappa shape index (κ1) is 15.6. The highest BCUT2D eigenvalue weighted by molar-refractivity contribution is 6.33. The van der Waals surface area contributed by atoms with Crippen LogP contribution in [0.3, 0.4) is 0 Å². The first-order valence-electron chi connectivity index (χ1n) is 5.46. The van der Waals surface area contributed by atoms with Crippen molar-refractivity contribution in [2.24, 2.45) is 0 Å². The third-order valence-electron chi connectivity index (χ3n) is 2.22. The molecule has 1 aromatic heterocycles. The van der Waals surface area contributed by atoms with E-state index in [1.54, 1.807) is 6.92 Å². The van der Waals surface area contributed by atoms with Gasteiger partial charge in [0.15, 0.2) is 5.69 Å². The smallest absolute Gasteiger partial charge is 0.405 e. The van der Waals surface area contributed by atoms with Gasteiger partial charge < -0.3 is 10.0 Å². The number of pyridine rings is 1. The lowest BCUT2D eigenvalue weighted by molar-refractivity contribution is -0.119. The van der Waals surface area contributed by atoms with Crippen LogP contribution in [0.15, 0.2) is 12.1 Å². The lowest BCUT2D eigenvalue weighted by atomic mass is 10.3. The van der Waals surface area contributed by atoms with Gasteiger partial charge in [-0.1, -0.05) is 18.5 Å². The summed E-state index contributed by atoms with van der Waals surface area (Å²) in [5, 5.41) is 8.74. The van der Waals surface area contributed by atoms with Crippen LogP contribution in [-0.4, -0.2) is 35.3 Å². The average Bonchev–Trinajstić information content (AvgIpc) is 2.27. The maximum absolute atomic E-state index is 12.4. The molecule has 1 aromatic rings. The van der Waals surface area contributed by atoms with E-state index in [1.165, 1.54) is 12.1 Å². The highest BCUT2D eigenvalue weighted by Crippen LogP contribution is 2.23. The van der Waals surface area contributed by atoms with Crippen molar-refractivity contribution in [2.75, 3.05) is 18.0 Å². The van der Waals surface area contributed by atoms with Gasteiger partial charge in [0.2, 0.25) is 0 Å². The van der Waals surface area contributed by atoms with E-state index < -0.39 is 24.4 Å². The van der Waals surface area contributed by atoms with Crippen LogP contribution in [0.2, 0.25) is 5.02 Å². The van der Waals surface area contributed by atoms with Gasteiger partial charge in [-0.3, -0.25) is 0 Å². The van der Waals surface area contributed by atoms with Crippen molar-refractivity contribution in [1.82, 2.24) is 4.98 Å². The fraction of sp³-hybridized carbons (Fsp3) is 0.455. The summed E-state index contributed by atoms with van der Waals surface area (Å²) in [7, 11) is 0. The Kier molecular flexibility index (Phi) is 4.99. The minimum atomic E-state index is -4.39. The second kappa shape index (κ2) is 6.10. The SMILES string of the molecule is CCCN(CC(F)(F)F)c1ccc(Cl)c(C(=O)O)n1. The number of hydrogen-bond donors (Lipinski definition) is 1.